The summed E-state index contributed by atoms with van der Waals surface area (Å²) in [4.78, 5) is 0. The smallest absolute Gasteiger partial charge is 0.144 e. The summed E-state index contributed by atoms with van der Waals surface area (Å²) in [7, 11) is 0. The predicted octanol–water partition coefficient (Wildman–Crippen LogP) is 9.31. The monoisotopic (exact) mass is 504 g/mol. The number of anilines is 2. The lowest BCUT2D eigenvalue weighted by molar-refractivity contribution is 0.487. The zero-order valence-corrected chi connectivity index (χ0v) is 21.4. The summed E-state index contributed by atoms with van der Waals surface area (Å²) in [6.45, 7) is 0. The van der Waals surface area contributed by atoms with Gasteiger partial charge in [0, 0.05) is 33.6 Å². The molecule has 0 bridgehead atoms. The van der Waals surface area contributed by atoms with Gasteiger partial charge in [-0.05, 0) is 46.5 Å². The Labute approximate surface area is 229 Å². The quantitative estimate of drug-likeness (QED) is 0.222. The lowest BCUT2D eigenvalue weighted by atomic mass is 9.82. The van der Waals surface area contributed by atoms with Crippen molar-refractivity contribution in [1.29, 1.82) is 0 Å². The van der Waals surface area contributed by atoms with Crippen molar-refractivity contribution in [3.63, 3.8) is 0 Å². The maximum absolute atomic E-state index is 7.23. The molecule has 188 valence electrons. The molecule has 0 aromatic heterocycles. The largest absolute Gasteiger partial charge is 0.456 e. The van der Waals surface area contributed by atoms with Gasteiger partial charge in [0.1, 0.15) is 11.5 Å². The molecule has 0 saturated carbocycles. The number of hydrogen-bond acceptors (Lipinski definition) is 3. The van der Waals surface area contributed by atoms with E-state index in [-0.39, 0.29) is 0 Å². The van der Waals surface area contributed by atoms with Crippen LogP contribution in [0.25, 0.3) is 44.5 Å². The van der Waals surface area contributed by atoms with Crippen molar-refractivity contribution in [2.45, 2.75) is 0 Å². The minimum Gasteiger partial charge on any atom is -0.456 e. The van der Waals surface area contributed by atoms with Crippen molar-refractivity contribution in [2.75, 3.05) is 11.5 Å². The maximum Gasteiger partial charge on any atom is 0.144 e. The third-order valence-electron chi connectivity index (χ3n) is 6.84. The van der Waals surface area contributed by atoms with Gasteiger partial charge in [0.2, 0.25) is 0 Å². The number of rotatable bonds is 6. The third-order valence-corrected chi connectivity index (χ3v) is 6.84. The van der Waals surface area contributed by atoms with Crippen LogP contribution in [0.2, 0.25) is 0 Å². The third kappa shape index (κ3) is 4.74. The van der Waals surface area contributed by atoms with Gasteiger partial charge in [-0.3, -0.25) is 0 Å². The lowest BCUT2D eigenvalue weighted by Crippen LogP contribution is -2.04. The topological polar surface area (TPSA) is 61.3 Å². The van der Waals surface area contributed by atoms with E-state index in [2.05, 4.69) is 48.5 Å². The number of nitrogens with two attached hydrogens (primary N) is 2. The molecule has 0 fully saturated rings. The van der Waals surface area contributed by atoms with E-state index < -0.39 is 0 Å². The highest BCUT2D eigenvalue weighted by molar-refractivity contribution is 6.08. The second-order valence-electron chi connectivity index (χ2n) is 9.38. The molecule has 0 heterocycles. The van der Waals surface area contributed by atoms with Crippen molar-refractivity contribution in [3.8, 4) is 56.0 Å². The minimum absolute atomic E-state index is 0.682. The molecule has 39 heavy (non-hydrogen) atoms. The molecule has 0 spiro atoms. The van der Waals surface area contributed by atoms with E-state index in [9.17, 15) is 0 Å². The van der Waals surface area contributed by atoms with E-state index in [4.69, 9.17) is 16.2 Å². The van der Waals surface area contributed by atoms with Gasteiger partial charge in [0.15, 0.2) is 0 Å². The van der Waals surface area contributed by atoms with Gasteiger partial charge in [0.25, 0.3) is 0 Å². The first kappa shape index (κ1) is 24.1. The molecule has 0 aliphatic rings. The average molecular weight is 505 g/mol. The normalized spacial score (nSPS) is 10.8. The molecule has 6 rings (SSSR count). The van der Waals surface area contributed by atoms with Crippen molar-refractivity contribution in [3.05, 3.63) is 146 Å². The fraction of sp³-hybridized carbons (Fsp3) is 0. The van der Waals surface area contributed by atoms with Crippen molar-refractivity contribution < 1.29 is 4.74 Å². The average Bonchev–Trinajstić information content (AvgIpc) is 3.00. The highest BCUT2D eigenvalue weighted by Gasteiger charge is 2.27. The summed E-state index contributed by atoms with van der Waals surface area (Å²) in [6.07, 6.45) is 0. The lowest BCUT2D eigenvalue weighted by Gasteiger charge is -2.26. The molecule has 3 heteroatoms. The predicted molar refractivity (Wildman–Crippen MR) is 164 cm³/mol. The Bertz CT molecular complexity index is 1590. The highest BCUT2D eigenvalue weighted by atomic mass is 16.5. The molecule has 6 aromatic rings. The first-order valence-corrected chi connectivity index (χ1v) is 12.9. The standard InChI is InChI=1S/C36H28N2O/c37-29-21-23-30(24-22-29)39-36-33(27-17-9-3-10-18-27)31(25-13-5-1-6-14-25)35(38)32(26-15-7-2-8-16-26)34(36)28-19-11-4-12-20-28/h1-24H,37-38H2. The number of nitrogen functional groups attached to an aromatic ring is 2. The maximum atomic E-state index is 7.23. The molecule has 0 radical (unpaired) electrons. The van der Waals surface area contributed by atoms with Crippen LogP contribution in [-0.2, 0) is 0 Å². The van der Waals surface area contributed by atoms with Crippen LogP contribution in [0.5, 0.6) is 11.5 Å². The van der Waals surface area contributed by atoms with E-state index >= 15 is 0 Å². The molecule has 0 amide bonds. The molecule has 3 nitrogen and oxygen atoms in total. The van der Waals surface area contributed by atoms with Gasteiger partial charge in [-0.25, -0.2) is 0 Å². The van der Waals surface area contributed by atoms with E-state index in [0.29, 0.717) is 17.1 Å². The van der Waals surface area contributed by atoms with Gasteiger partial charge < -0.3 is 16.2 Å². The Kier molecular flexibility index (Phi) is 6.55. The first-order chi connectivity index (χ1) is 19.2. The van der Waals surface area contributed by atoms with Crippen LogP contribution in [0.15, 0.2) is 146 Å². The van der Waals surface area contributed by atoms with Gasteiger partial charge >= 0.3 is 0 Å². The Hall–Kier alpha value is -5.28. The van der Waals surface area contributed by atoms with E-state index in [1.165, 1.54) is 0 Å². The molecule has 6 aromatic carbocycles. The van der Waals surface area contributed by atoms with Crippen LogP contribution >= 0.6 is 0 Å². The minimum atomic E-state index is 0.682. The van der Waals surface area contributed by atoms with E-state index in [1.807, 2.05) is 97.1 Å². The Balaban J connectivity index is 1.81. The number of ether oxygens (including phenoxy) is 1. The van der Waals surface area contributed by atoms with Crippen LogP contribution in [0.1, 0.15) is 0 Å². The fourth-order valence-corrected chi connectivity index (χ4v) is 5.07. The fourth-order valence-electron chi connectivity index (χ4n) is 5.07. The summed E-state index contributed by atoms with van der Waals surface area (Å²) < 4.78 is 6.87. The van der Waals surface area contributed by atoms with E-state index in [0.717, 1.165) is 50.3 Å². The molecule has 0 atom stereocenters. The summed E-state index contributed by atoms with van der Waals surface area (Å²) >= 11 is 0. The van der Waals surface area contributed by atoms with Crippen molar-refractivity contribution in [2.24, 2.45) is 0 Å². The van der Waals surface area contributed by atoms with Gasteiger partial charge in [0.05, 0.1) is 0 Å². The Morgan fingerprint density at radius 2 is 0.692 bits per heavy atom. The van der Waals surface area contributed by atoms with Gasteiger partial charge in [-0.2, -0.15) is 0 Å². The van der Waals surface area contributed by atoms with E-state index in [1.54, 1.807) is 0 Å². The Morgan fingerprint density at radius 1 is 0.359 bits per heavy atom. The number of benzene rings is 6. The van der Waals surface area contributed by atoms with Crippen LogP contribution in [-0.4, -0.2) is 0 Å². The van der Waals surface area contributed by atoms with Crippen molar-refractivity contribution in [1.82, 2.24) is 0 Å². The molecule has 0 saturated heterocycles. The Morgan fingerprint density at radius 3 is 1.05 bits per heavy atom. The zero-order valence-electron chi connectivity index (χ0n) is 21.4. The molecule has 0 aliphatic carbocycles. The first-order valence-electron chi connectivity index (χ1n) is 12.9. The summed E-state index contributed by atoms with van der Waals surface area (Å²) in [6, 6.07) is 48.7. The number of hydrogen-bond donors (Lipinski definition) is 2. The molecule has 0 unspecified atom stereocenters. The molecule has 0 aliphatic heterocycles. The van der Waals surface area contributed by atoms with Gasteiger partial charge in [-0.1, -0.05) is 121 Å². The van der Waals surface area contributed by atoms with Crippen molar-refractivity contribution >= 4 is 11.4 Å². The van der Waals surface area contributed by atoms with Crippen LogP contribution in [0.3, 0.4) is 0 Å². The van der Waals surface area contributed by atoms with Gasteiger partial charge in [-0.15, -0.1) is 0 Å². The van der Waals surface area contributed by atoms with Crippen LogP contribution in [0.4, 0.5) is 11.4 Å². The summed E-state index contributed by atoms with van der Waals surface area (Å²) in [5, 5.41) is 0. The zero-order chi connectivity index (χ0) is 26.6. The summed E-state index contributed by atoms with van der Waals surface area (Å²) in [5.41, 5.74) is 22.5. The summed E-state index contributed by atoms with van der Waals surface area (Å²) in [5.74, 6) is 1.44. The molecule has 4 N–H and O–H groups in total. The molecular weight excluding hydrogens is 476 g/mol. The van der Waals surface area contributed by atoms with Crippen LogP contribution < -0.4 is 16.2 Å². The second kappa shape index (κ2) is 10.6. The second-order valence-corrected chi connectivity index (χ2v) is 9.38. The van der Waals surface area contributed by atoms with Crippen LogP contribution in [0, 0.1) is 0 Å². The molecular formula is C36H28N2O. The highest BCUT2D eigenvalue weighted by Crippen LogP contribution is 2.55. The SMILES string of the molecule is Nc1ccc(Oc2c(-c3ccccc3)c(-c3ccccc3)c(N)c(-c3ccccc3)c2-c2ccccc2)cc1.